The number of nitriles is 1. The third-order valence-electron chi connectivity index (χ3n) is 1.99. The number of para-hydroxylation sites is 1. The van der Waals surface area contributed by atoms with Crippen LogP contribution >= 0.6 is 0 Å². The van der Waals surface area contributed by atoms with Crippen molar-refractivity contribution in [1.29, 1.82) is 5.26 Å². The second kappa shape index (κ2) is 2.83. The summed E-state index contributed by atoms with van der Waals surface area (Å²) in [5, 5.41) is 8.72. The zero-order chi connectivity index (χ0) is 9.26. The van der Waals surface area contributed by atoms with Crippen LogP contribution in [0.2, 0.25) is 0 Å². The number of ether oxygens (including phenoxy) is 1. The van der Waals surface area contributed by atoms with Gasteiger partial charge in [-0.15, -0.1) is 0 Å². The normalized spacial score (nSPS) is 14.4. The van der Waals surface area contributed by atoms with Crippen LogP contribution < -0.4 is 10.5 Å². The quantitative estimate of drug-likeness (QED) is 0.642. The largest absolute Gasteiger partial charge is 0.440 e. The van der Waals surface area contributed by atoms with Crippen LogP contribution in [0.5, 0.6) is 5.75 Å². The van der Waals surface area contributed by atoms with E-state index in [1.165, 1.54) is 0 Å². The Morgan fingerprint density at radius 3 is 2.92 bits per heavy atom. The number of benzene rings is 1. The van der Waals surface area contributed by atoms with Gasteiger partial charge in [-0.2, -0.15) is 5.26 Å². The predicted octanol–water partition coefficient (Wildman–Crippen LogP) is 1.32. The van der Waals surface area contributed by atoms with E-state index in [0.717, 1.165) is 11.3 Å². The monoisotopic (exact) mass is 172 g/mol. The highest BCUT2D eigenvalue weighted by atomic mass is 16.5. The first-order valence-electron chi connectivity index (χ1n) is 3.95. The minimum Gasteiger partial charge on any atom is -0.440 e. The number of nitrogens with two attached hydrogens (primary N) is 1. The zero-order valence-corrected chi connectivity index (χ0v) is 6.95. The predicted molar refractivity (Wildman–Crippen MR) is 47.6 cm³/mol. The molecule has 3 nitrogen and oxygen atoms in total. The van der Waals surface area contributed by atoms with Crippen LogP contribution in [-0.4, -0.2) is 0 Å². The van der Waals surface area contributed by atoms with Crippen molar-refractivity contribution in [3.8, 4) is 11.8 Å². The zero-order valence-electron chi connectivity index (χ0n) is 6.95. The van der Waals surface area contributed by atoms with Crippen molar-refractivity contribution in [3.05, 3.63) is 41.3 Å². The van der Waals surface area contributed by atoms with Crippen molar-refractivity contribution < 1.29 is 4.74 Å². The van der Waals surface area contributed by atoms with Crippen LogP contribution in [-0.2, 0) is 6.42 Å². The van der Waals surface area contributed by atoms with Gasteiger partial charge in [0.25, 0.3) is 0 Å². The molecule has 64 valence electrons. The van der Waals surface area contributed by atoms with Crippen LogP contribution in [0.1, 0.15) is 5.56 Å². The number of hydrogen-bond donors (Lipinski definition) is 1. The third kappa shape index (κ3) is 1.23. The third-order valence-corrected chi connectivity index (χ3v) is 1.99. The molecule has 0 spiro atoms. The molecular formula is C10H8N2O. The molecule has 0 amide bonds. The minimum absolute atomic E-state index is 0.223. The van der Waals surface area contributed by atoms with E-state index in [1.807, 2.05) is 30.3 Å². The molecule has 0 unspecified atom stereocenters. The van der Waals surface area contributed by atoms with Crippen LogP contribution in [0.3, 0.4) is 0 Å². The summed E-state index contributed by atoms with van der Waals surface area (Å²) in [5.74, 6) is 0.972. The van der Waals surface area contributed by atoms with Crippen molar-refractivity contribution in [3.63, 3.8) is 0 Å². The molecule has 1 aliphatic rings. The van der Waals surface area contributed by atoms with Gasteiger partial charge in [0.1, 0.15) is 11.8 Å². The van der Waals surface area contributed by atoms with Gasteiger partial charge in [-0.1, -0.05) is 18.2 Å². The molecule has 0 bridgehead atoms. The van der Waals surface area contributed by atoms with Gasteiger partial charge in [-0.3, -0.25) is 0 Å². The molecular weight excluding hydrogens is 164 g/mol. The maximum Gasteiger partial charge on any atom is 0.205 e. The Kier molecular flexibility index (Phi) is 1.67. The average molecular weight is 172 g/mol. The minimum atomic E-state index is 0.223. The van der Waals surface area contributed by atoms with E-state index in [-0.39, 0.29) is 5.88 Å². The summed E-state index contributed by atoms with van der Waals surface area (Å²) in [6, 6.07) is 9.59. The van der Waals surface area contributed by atoms with E-state index in [1.54, 1.807) is 0 Å². The van der Waals surface area contributed by atoms with Gasteiger partial charge >= 0.3 is 0 Å². The van der Waals surface area contributed by atoms with Gasteiger partial charge in [-0.05, 0) is 6.07 Å². The molecule has 13 heavy (non-hydrogen) atoms. The summed E-state index contributed by atoms with van der Waals surface area (Å²) in [7, 11) is 0. The Hall–Kier alpha value is -1.95. The average Bonchev–Trinajstić information content (AvgIpc) is 2.17. The van der Waals surface area contributed by atoms with E-state index in [2.05, 4.69) is 0 Å². The van der Waals surface area contributed by atoms with E-state index >= 15 is 0 Å². The molecule has 1 aromatic carbocycles. The van der Waals surface area contributed by atoms with Crippen LogP contribution in [0, 0.1) is 11.3 Å². The summed E-state index contributed by atoms with van der Waals surface area (Å²) in [5.41, 5.74) is 7.05. The molecule has 2 N–H and O–H groups in total. The summed E-state index contributed by atoms with van der Waals surface area (Å²) >= 11 is 0. The summed E-state index contributed by atoms with van der Waals surface area (Å²) < 4.78 is 5.27. The maximum absolute atomic E-state index is 8.72. The highest BCUT2D eigenvalue weighted by Crippen LogP contribution is 2.27. The SMILES string of the molecule is N#CC1=C(N)Oc2ccccc2C1. The molecule has 0 aliphatic carbocycles. The van der Waals surface area contributed by atoms with Gasteiger partial charge in [0.05, 0.1) is 5.57 Å². The fraction of sp³-hybridized carbons (Fsp3) is 0.100. The molecule has 0 aromatic heterocycles. The highest BCUT2D eigenvalue weighted by molar-refractivity contribution is 5.44. The summed E-state index contributed by atoms with van der Waals surface area (Å²) in [6.45, 7) is 0. The summed E-state index contributed by atoms with van der Waals surface area (Å²) in [6.07, 6.45) is 0.568. The van der Waals surface area contributed by atoms with Crippen molar-refractivity contribution in [1.82, 2.24) is 0 Å². The Morgan fingerprint density at radius 2 is 2.15 bits per heavy atom. The number of nitrogens with zero attached hydrogens (tertiary/aromatic N) is 1. The fourth-order valence-corrected chi connectivity index (χ4v) is 1.30. The second-order valence-corrected chi connectivity index (χ2v) is 2.84. The van der Waals surface area contributed by atoms with Crippen molar-refractivity contribution in [2.75, 3.05) is 0 Å². The maximum atomic E-state index is 8.72. The van der Waals surface area contributed by atoms with Crippen LogP contribution in [0.15, 0.2) is 35.7 Å². The van der Waals surface area contributed by atoms with Crippen LogP contribution in [0.25, 0.3) is 0 Å². The number of allylic oxidation sites excluding steroid dienone is 1. The number of hydrogen-bond acceptors (Lipinski definition) is 3. The Balaban J connectivity index is 2.44. The standard InChI is InChI=1S/C10H8N2O/c11-6-8-5-7-3-1-2-4-9(7)13-10(8)12/h1-4H,5,12H2. The smallest absolute Gasteiger partial charge is 0.205 e. The molecule has 0 radical (unpaired) electrons. The van der Waals surface area contributed by atoms with E-state index in [9.17, 15) is 0 Å². The van der Waals surface area contributed by atoms with Gasteiger partial charge in [0, 0.05) is 12.0 Å². The molecule has 1 heterocycles. The Labute approximate surface area is 76.0 Å². The van der Waals surface area contributed by atoms with E-state index in [4.69, 9.17) is 15.7 Å². The van der Waals surface area contributed by atoms with Gasteiger partial charge in [-0.25, -0.2) is 0 Å². The summed E-state index contributed by atoms with van der Waals surface area (Å²) in [4.78, 5) is 0. The first kappa shape index (κ1) is 7.69. The van der Waals surface area contributed by atoms with Gasteiger partial charge in [0.15, 0.2) is 0 Å². The lowest BCUT2D eigenvalue weighted by atomic mass is 10.0. The van der Waals surface area contributed by atoms with Crippen molar-refractivity contribution in [2.24, 2.45) is 5.73 Å². The fourth-order valence-electron chi connectivity index (χ4n) is 1.30. The molecule has 1 aromatic rings. The molecule has 3 heteroatoms. The lowest BCUT2D eigenvalue weighted by molar-refractivity contribution is 0.399. The number of fused-ring (bicyclic) bond motifs is 1. The lowest BCUT2D eigenvalue weighted by Gasteiger charge is -2.16. The Morgan fingerprint density at radius 1 is 1.38 bits per heavy atom. The molecule has 0 saturated heterocycles. The first-order chi connectivity index (χ1) is 6.31. The highest BCUT2D eigenvalue weighted by Gasteiger charge is 2.16. The molecule has 0 saturated carbocycles. The van der Waals surface area contributed by atoms with Gasteiger partial charge < -0.3 is 10.5 Å². The number of rotatable bonds is 0. The first-order valence-corrected chi connectivity index (χ1v) is 3.95. The van der Waals surface area contributed by atoms with E-state index in [0.29, 0.717) is 12.0 Å². The van der Waals surface area contributed by atoms with Gasteiger partial charge in [0.2, 0.25) is 5.88 Å². The molecule has 0 fully saturated rings. The molecule has 0 atom stereocenters. The van der Waals surface area contributed by atoms with Crippen molar-refractivity contribution >= 4 is 0 Å². The lowest BCUT2D eigenvalue weighted by Crippen LogP contribution is -2.15. The topological polar surface area (TPSA) is 59.0 Å². The van der Waals surface area contributed by atoms with Crippen LogP contribution in [0.4, 0.5) is 0 Å². The van der Waals surface area contributed by atoms with E-state index < -0.39 is 0 Å². The Bertz CT molecular complexity index is 415. The molecule has 2 rings (SSSR count). The molecule has 1 aliphatic heterocycles. The second-order valence-electron chi connectivity index (χ2n) is 2.84. The van der Waals surface area contributed by atoms with Crippen molar-refractivity contribution in [2.45, 2.75) is 6.42 Å².